The van der Waals surface area contributed by atoms with Gasteiger partial charge in [-0.3, -0.25) is 9.59 Å². The summed E-state index contributed by atoms with van der Waals surface area (Å²) in [5, 5.41) is 0. The fourth-order valence-electron chi connectivity index (χ4n) is 4.50. The number of benzene rings is 3. The van der Waals surface area contributed by atoms with Gasteiger partial charge in [-0.1, -0.05) is 48.5 Å². The molecule has 0 aromatic heterocycles. The second-order valence-electron chi connectivity index (χ2n) is 8.44. The Balaban J connectivity index is 1.28. The Kier molecular flexibility index (Phi) is 5.99. The number of amides is 1. The van der Waals surface area contributed by atoms with Crippen molar-refractivity contribution in [2.75, 3.05) is 26.3 Å². The van der Waals surface area contributed by atoms with E-state index in [-0.39, 0.29) is 30.0 Å². The van der Waals surface area contributed by atoms with Crippen LogP contribution in [0, 0.1) is 5.82 Å². The molecule has 1 atom stereocenters. The molecule has 5 rings (SSSR count). The molecule has 172 valence electrons. The van der Waals surface area contributed by atoms with Crippen LogP contribution in [0.2, 0.25) is 0 Å². The maximum absolute atomic E-state index is 14.0. The molecule has 6 heteroatoms. The van der Waals surface area contributed by atoms with E-state index in [2.05, 4.69) is 12.1 Å². The standard InChI is InChI=1S/C28H24FNO4/c1-18(31)21-11-10-19(14-27(21)29)34-17-20-16-30(12-13-33-20)28(32)15-26-24-8-4-2-6-22(24)23-7-3-5-9-25(23)26/h2-11,14-15,20H,12-13,16-17H2,1H3. The van der Waals surface area contributed by atoms with Crippen molar-refractivity contribution in [1.82, 2.24) is 4.90 Å². The Labute approximate surface area is 197 Å². The molecule has 1 fully saturated rings. The van der Waals surface area contributed by atoms with E-state index < -0.39 is 5.82 Å². The minimum absolute atomic E-state index is 0.0288. The van der Waals surface area contributed by atoms with Gasteiger partial charge in [-0.2, -0.15) is 0 Å². The molecule has 1 aliphatic carbocycles. The second-order valence-corrected chi connectivity index (χ2v) is 8.44. The first-order chi connectivity index (χ1) is 16.5. The molecule has 0 spiro atoms. The number of carbonyl (C=O) groups is 2. The fraction of sp³-hybridized carbons (Fsp3) is 0.214. The van der Waals surface area contributed by atoms with E-state index in [1.807, 2.05) is 36.4 Å². The van der Waals surface area contributed by atoms with Crippen LogP contribution in [0.25, 0.3) is 16.7 Å². The summed E-state index contributed by atoms with van der Waals surface area (Å²) in [7, 11) is 0. The highest BCUT2D eigenvalue weighted by Gasteiger charge is 2.27. The Bertz CT molecular complexity index is 1250. The number of fused-ring (bicyclic) bond motifs is 3. The second kappa shape index (κ2) is 9.23. The molecule has 0 N–H and O–H groups in total. The molecular formula is C28H24FNO4. The number of hydrogen-bond acceptors (Lipinski definition) is 4. The maximum Gasteiger partial charge on any atom is 0.247 e. The van der Waals surface area contributed by atoms with Gasteiger partial charge in [0.2, 0.25) is 5.91 Å². The number of nitrogens with zero attached hydrogens (tertiary/aromatic N) is 1. The quantitative estimate of drug-likeness (QED) is 0.321. The first-order valence-corrected chi connectivity index (χ1v) is 11.3. The molecule has 3 aromatic rings. The van der Waals surface area contributed by atoms with Gasteiger partial charge in [0.25, 0.3) is 0 Å². The van der Waals surface area contributed by atoms with Gasteiger partial charge >= 0.3 is 0 Å². The number of Topliss-reactive ketones (excluding diaryl/α,β-unsaturated/α-hetero) is 1. The van der Waals surface area contributed by atoms with Crippen LogP contribution in [-0.4, -0.2) is 49.0 Å². The molecule has 5 nitrogen and oxygen atoms in total. The van der Waals surface area contributed by atoms with Crippen LogP contribution in [-0.2, 0) is 9.53 Å². The molecule has 1 amide bonds. The normalized spacial score (nSPS) is 16.6. The molecule has 0 radical (unpaired) electrons. The van der Waals surface area contributed by atoms with Gasteiger partial charge in [0.05, 0.1) is 18.7 Å². The van der Waals surface area contributed by atoms with Crippen LogP contribution in [0.1, 0.15) is 28.4 Å². The summed E-state index contributed by atoms with van der Waals surface area (Å²) in [5.41, 5.74) is 5.34. The largest absolute Gasteiger partial charge is 0.491 e. The minimum Gasteiger partial charge on any atom is -0.491 e. The Morgan fingerprint density at radius 1 is 1.03 bits per heavy atom. The molecular weight excluding hydrogens is 433 g/mol. The van der Waals surface area contributed by atoms with Crippen molar-refractivity contribution >= 4 is 17.3 Å². The lowest BCUT2D eigenvalue weighted by Gasteiger charge is -2.32. The van der Waals surface area contributed by atoms with Gasteiger partial charge < -0.3 is 14.4 Å². The smallest absolute Gasteiger partial charge is 0.247 e. The zero-order chi connectivity index (χ0) is 23.7. The lowest BCUT2D eigenvalue weighted by Crippen LogP contribution is -2.47. The highest BCUT2D eigenvalue weighted by Crippen LogP contribution is 2.43. The summed E-state index contributed by atoms with van der Waals surface area (Å²) in [6.07, 6.45) is 1.37. The van der Waals surface area contributed by atoms with E-state index in [1.165, 1.54) is 19.1 Å². The lowest BCUT2D eigenvalue weighted by molar-refractivity contribution is -0.134. The van der Waals surface area contributed by atoms with Crippen LogP contribution in [0.4, 0.5) is 4.39 Å². The molecule has 1 aliphatic heterocycles. The van der Waals surface area contributed by atoms with Crippen molar-refractivity contribution < 1.29 is 23.5 Å². The van der Waals surface area contributed by atoms with Crippen molar-refractivity contribution in [3.05, 3.63) is 95.3 Å². The maximum atomic E-state index is 14.0. The number of ketones is 1. The van der Waals surface area contributed by atoms with Gasteiger partial charge in [0.1, 0.15) is 24.3 Å². The van der Waals surface area contributed by atoms with Crippen LogP contribution in [0.5, 0.6) is 5.75 Å². The van der Waals surface area contributed by atoms with Crippen LogP contribution < -0.4 is 4.74 Å². The lowest BCUT2D eigenvalue weighted by atomic mass is 10.0. The molecule has 0 saturated carbocycles. The van der Waals surface area contributed by atoms with Crippen LogP contribution >= 0.6 is 0 Å². The third kappa shape index (κ3) is 4.24. The van der Waals surface area contributed by atoms with E-state index >= 15 is 0 Å². The Hall–Kier alpha value is -3.77. The number of ether oxygens (including phenoxy) is 2. The zero-order valence-corrected chi connectivity index (χ0v) is 18.8. The van der Waals surface area contributed by atoms with Gasteiger partial charge in [-0.05, 0) is 46.9 Å². The Morgan fingerprint density at radius 2 is 1.68 bits per heavy atom. The van der Waals surface area contributed by atoms with Crippen molar-refractivity contribution in [3.8, 4) is 16.9 Å². The molecule has 34 heavy (non-hydrogen) atoms. The summed E-state index contributed by atoms with van der Waals surface area (Å²) in [5.74, 6) is -0.715. The summed E-state index contributed by atoms with van der Waals surface area (Å²) in [4.78, 5) is 26.4. The van der Waals surface area contributed by atoms with Gasteiger partial charge in [0.15, 0.2) is 5.78 Å². The van der Waals surface area contributed by atoms with Crippen LogP contribution in [0.3, 0.4) is 0 Å². The average molecular weight is 458 g/mol. The first-order valence-electron chi connectivity index (χ1n) is 11.3. The number of rotatable bonds is 5. The van der Waals surface area contributed by atoms with Crippen molar-refractivity contribution in [3.63, 3.8) is 0 Å². The minimum atomic E-state index is -0.616. The predicted octanol–water partition coefficient (Wildman–Crippen LogP) is 4.75. The van der Waals surface area contributed by atoms with E-state index in [1.54, 1.807) is 17.0 Å². The molecule has 3 aromatic carbocycles. The van der Waals surface area contributed by atoms with E-state index in [4.69, 9.17) is 9.47 Å². The average Bonchev–Trinajstić information content (AvgIpc) is 3.16. The highest BCUT2D eigenvalue weighted by molar-refractivity contribution is 6.08. The monoisotopic (exact) mass is 457 g/mol. The summed E-state index contributed by atoms with van der Waals surface area (Å²) in [6, 6.07) is 20.4. The van der Waals surface area contributed by atoms with Gasteiger partial charge in [-0.15, -0.1) is 0 Å². The van der Waals surface area contributed by atoms with Crippen molar-refractivity contribution in [2.24, 2.45) is 0 Å². The predicted molar refractivity (Wildman–Crippen MR) is 127 cm³/mol. The third-order valence-electron chi connectivity index (χ3n) is 6.20. The SMILES string of the molecule is CC(=O)c1ccc(OCC2CN(C(=O)C=C3c4ccccc4-c4ccccc43)CCO2)cc1F. The number of carbonyl (C=O) groups excluding carboxylic acids is 2. The third-order valence-corrected chi connectivity index (χ3v) is 6.20. The number of morpholine rings is 1. The molecule has 0 bridgehead atoms. The molecule has 1 unspecified atom stereocenters. The first kappa shape index (κ1) is 22.0. The van der Waals surface area contributed by atoms with Crippen molar-refractivity contribution in [1.29, 1.82) is 0 Å². The van der Waals surface area contributed by atoms with Crippen LogP contribution in [0.15, 0.2) is 72.8 Å². The van der Waals surface area contributed by atoms with E-state index in [9.17, 15) is 14.0 Å². The van der Waals surface area contributed by atoms with Gasteiger partial charge in [0, 0.05) is 18.7 Å². The molecule has 1 heterocycles. The zero-order valence-electron chi connectivity index (χ0n) is 18.8. The summed E-state index contributed by atoms with van der Waals surface area (Å²) in [6.45, 7) is 2.75. The number of hydrogen-bond donors (Lipinski definition) is 0. The summed E-state index contributed by atoms with van der Waals surface area (Å²) >= 11 is 0. The van der Waals surface area contributed by atoms with Gasteiger partial charge in [-0.25, -0.2) is 4.39 Å². The highest BCUT2D eigenvalue weighted by atomic mass is 19.1. The van der Waals surface area contributed by atoms with Crippen molar-refractivity contribution in [2.45, 2.75) is 13.0 Å². The molecule has 1 saturated heterocycles. The fourth-order valence-corrected chi connectivity index (χ4v) is 4.50. The Morgan fingerprint density at radius 3 is 2.29 bits per heavy atom. The van der Waals surface area contributed by atoms with E-state index in [0.29, 0.717) is 25.4 Å². The topological polar surface area (TPSA) is 55.8 Å². The summed E-state index contributed by atoms with van der Waals surface area (Å²) < 4.78 is 25.5. The van der Waals surface area contributed by atoms with E-state index in [0.717, 1.165) is 27.8 Å². The number of halogens is 1. The molecule has 2 aliphatic rings.